The fraction of sp³-hybridized carbons (Fsp3) is 0.115. The summed E-state index contributed by atoms with van der Waals surface area (Å²) >= 11 is 0. The van der Waals surface area contributed by atoms with Crippen LogP contribution in [-0.2, 0) is 28.2 Å². The highest BCUT2D eigenvalue weighted by atomic mass is 32.2. The van der Waals surface area contributed by atoms with Crippen LogP contribution in [0.5, 0.6) is 5.75 Å². The molecular weight excluding hydrogens is 450 g/mol. The van der Waals surface area contributed by atoms with Gasteiger partial charge < -0.3 is 10.5 Å². The second kappa shape index (κ2) is 8.81. The Morgan fingerprint density at radius 3 is 2.35 bits per heavy atom. The zero-order chi connectivity index (χ0) is 23.7. The number of hydrogen-bond acceptors (Lipinski definition) is 5. The van der Waals surface area contributed by atoms with Crippen molar-refractivity contribution >= 4 is 32.6 Å². The van der Waals surface area contributed by atoms with Crippen molar-refractivity contribution < 1.29 is 17.9 Å². The van der Waals surface area contributed by atoms with Gasteiger partial charge in [-0.2, -0.15) is 8.42 Å². The molecule has 3 N–H and O–H groups in total. The maximum atomic E-state index is 12.6. The zero-order valence-electron chi connectivity index (χ0n) is 18.3. The van der Waals surface area contributed by atoms with Gasteiger partial charge in [0.25, 0.3) is 5.91 Å². The fourth-order valence-corrected chi connectivity index (χ4v) is 5.18. The smallest absolute Gasteiger partial charge is 0.326 e. The van der Waals surface area contributed by atoms with E-state index < -0.39 is 16.1 Å². The number of rotatable bonds is 6. The molecule has 1 amide bonds. The topological polar surface area (TPSA) is 102 Å². The molecule has 1 fully saturated rings. The molecule has 1 saturated heterocycles. The summed E-state index contributed by atoms with van der Waals surface area (Å²) in [5, 5.41) is 1.72. The van der Waals surface area contributed by atoms with E-state index in [9.17, 15) is 13.2 Å². The normalized spacial score (nSPS) is 14.9. The van der Waals surface area contributed by atoms with Crippen LogP contribution in [0.3, 0.4) is 0 Å². The van der Waals surface area contributed by atoms with Gasteiger partial charge in [0, 0.05) is 6.54 Å². The average molecular weight is 474 g/mol. The summed E-state index contributed by atoms with van der Waals surface area (Å²) in [7, 11) is -3.99. The van der Waals surface area contributed by atoms with Crippen molar-refractivity contribution in [1.82, 2.24) is 4.72 Å². The molecular formula is C26H23N3O4S. The number of carbonyl (C=O) groups is 1. The van der Waals surface area contributed by atoms with Gasteiger partial charge in [-0.3, -0.25) is 4.79 Å². The summed E-state index contributed by atoms with van der Waals surface area (Å²) in [5.74, 6) is -0.198. The highest BCUT2D eigenvalue weighted by Crippen LogP contribution is 2.37. The molecule has 5 rings (SSSR count). The number of ether oxygens (including phenoxy) is 1. The molecule has 4 aromatic carbocycles. The minimum Gasteiger partial charge on any atom is -0.487 e. The average Bonchev–Trinajstić information content (AvgIpc) is 3.13. The second-order valence-corrected chi connectivity index (χ2v) is 9.69. The van der Waals surface area contributed by atoms with E-state index in [4.69, 9.17) is 10.5 Å². The minimum absolute atomic E-state index is 0.262. The Hall–Kier alpha value is -3.88. The minimum atomic E-state index is -3.99. The zero-order valence-corrected chi connectivity index (χ0v) is 19.1. The molecule has 1 aliphatic rings. The quantitative estimate of drug-likeness (QED) is 0.444. The molecule has 0 radical (unpaired) electrons. The third-order valence-corrected chi connectivity index (χ3v) is 7.13. The van der Waals surface area contributed by atoms with Gasteiger partial charge in [0.05, 0.1) is 5.69 Å². The summed E-state index contributed by atoms with van der Waals surface area (Å²) < 4.78 is 34.4. The number of nitrogens with two attached hydrogens (primary N) is 1. The molecule has 0 spiro atoms. The molecule has 0 atom stereocenters. The summed E-state index contributed by atoms with van der Waals surface area (Å²) in [4.78, 5) is 11.9. The number of nitrogens with zero attached hydrogens (tertiary/aromatic N) is 1. The Morgan fingerprint density at radius 2 is 1.62 bits per heavy atom. The molecule has 4 aromatic rings. The van der Waals surface area contributed by atoms with E-state index in [-0.39, 0.29) is 13.2 Å². The van der Waals surface area contributed by atoms with Crippen LogP contribution in [-0.4, -0.2) is 20.9 Å². The fourth-order valence-electron chi connectivity index (χ4n) is 4.03. The number of benzene rings is 4. The summed E-state index contributed by atoms with van der Waals surface area (Å²) in [6.07, 6.45) is 0. The third kappa shape index (κ3) is 4.33. The van der Waals surface area contributed by atoms with Crippen molar-refractivity contribution in [2.24, 2.45) is 5.73 Å². The van der Waals surface area contributed by atoms with Crippen LogP contribution in [0.1, 0.15) is 11.1 Å². The van der Waals surface area contributed by atoms with E-state index in [1.807, 2.05) is 83.6 Å². The third-order valence-electron chi connectivity index (χ3n) is 5.74. The monoisotopic (exact) mass is 473 g/mol. The number of carbonyl (C=O) groups excluding carboxylic acids is 1. The van der Waals surface area contributed by atoms with Crippen LogP contribution in [0.25, 0.3) is 21.9 Å². The number of nitrogens with one attached hydrogen (secondary N) is 1. The van der Waals surface area contributed by atoms with Crippen molar-refractivity contribution in [2.75, 3.05) is 10.8 Å². The van der Waals surface area contributed by atoms with Crippen LogP contribution in [0.15, 0.2) is 84.9 Å². The first-order valence-electron chi connectivity index (χ1n) is 10.8. The van der Waals surface area contributed by atoms with Crippen molar-refractivity contribution in [3.05, 3.63) is 96.1 Å². The molecule has 0 saturated carbocycles. The van der Waals surface area contributed by atoms with Gasteiger partial charge in [-0.15, -0.1) is 0 Å². The summed E-state index contributed by atoms with van der Waals surface area (Å²) in [6, 6.07) is 27.1. The standard InChI is InChI=1S/C26H23N3O4S/c27-15-19-7-4-8-20(11-19)21-9-10-22-14-25(33-17-18-5-2-1-3-6-18)24(13-23(22)12-21)29-16-26(30)28-34(29,31)32/h1-14H,15-17,27H2,(H,28,30). The Morgan fingerprint density at radius 1 is 0.853 bits per heavy atom. The summed E-state index contributed by atoms with van der Waals surface area (Å²) in [5.41, 5.74) is 10.1. The molecule has 1 aliphatic heterocycles. The van der Waals surface area contributed by atoms with Crippen molar-refractivity contribution in [2.45, 2.75) is 13.2 Å². The van der Waals surface area contributed by atoms with Gasteiger partial charge in [-0.1, -0.05) is 60.7 Å². The van der Waals surface area contributed by atoms with Crippen LogP contribution < -0.4 is 19.5 Å². The van der Waals surface area contributed by atoms with E-state index in [1.54, 1.807) is 6.07 Å². The van der Waals surface area contributed by atoms with E-state index in [2.05, 4.69) is 0 Å². The SMILES string of the molecule is NCc1cccc(-c2ccc3cc(OCc4ccccc4)c(N4CC(=O)NS4(=O)=O)cc3c2)c1. The predicted molar refractivity (Wildman–Crippen MR) is 132 cm³/mol. The lowest BCUT2D eigenvalue weighted by molar-refractivity contribution is -0.117. The van der Waals surface area contributed by atoms with Gasteiger partial charge >= 0.3 is 10.2 Å². The lowest BCUT2D eigenvalue weighted by Crippen LogP contribution is -2.29. The molecule has 8 heteroatoms. The van der Waals surface area contributed by atoms with Crippen molar-refractivity contribution in [1.29, 1.82) is 0 Å². The van der Waals surface area contributed by atoms with Gasteiger partial charge in [0.15, 0.2) is 0 Å². The number of amides is 1. The maximum Gasteiger partial charge on any atom is 0.326 e. The highest BCUT2D eigenvalue weighted by Gasteiger charge is 2.36. The van der Waals surface area contributed by atoms with E-state index in [0.29, 0.717) is 18.0 Å². The Bertz CT molecular complexity index is 1490. The largest absolute Gasteiger partial charge is 0.487 e. The number of anilines is 1. The van der Waals surface area contributed by atoms with Crippen LogP contribution in [0, 0.1) is 0 Å². The Kier molecular flexibility index (Phi) is 5.69. The highest BCUT2D eigenvalue weighted by molar-refractivity contribution is 7.92. The van der Waals surface area contributed by atoms with Gasteiger partial charge in [0.1, 0.15) is 18.9 Å². The molecule has 7 nitrogen and oxygen atoms in total. The summed E-state index contributed by atoms with van der Waals surface area (Å²) in [6.45, 7) is 0.411. The first-order valence-corrected chi connectivity index (χ1v) is 12.2. The molecule has 172 valence electrons. The lowest BCUT2D eigenvalue weighted by atomic mass is 9.99. The lowest BCUT2D eigenvalue weighted by Gasteiger charge is -2.20. The predicted octanol–water partition coefficient (Wildman–Crippen LogP) is 3.73. The first-order chi connectivity index (χ1) is 16.4. The molecule has 0 aliphatic carbocycles. The molecule has 0 bridgehead atoms. The van der Waals surface area contributed by atoms with E-state index in [1.165, 1.54) is 0 Å². The molecule has 1 heterocycles. The first kappa shape index (κ1) is 21.9. The molecule has 0 aromatic heterocycles. The Labute approximate surface area is 198 Å². The number of hydrogen-bond donors (Lipinski definition) is 2. The van der Waals surface area contributed by atoms with Crippen LogP contribution >= 0.6 is 0 Å². The van der Waals surface area contributed by atoms with E-state index >= 15 is 0 Å². The Balaban J connectivity index is 1.60. The van der Waals surface area contributed by atoms with Gasteiger partial charge in [-0.05, 0) is 57.3 Å². The van der Waals surface area contributed by atoms with E-state index in [0.717, 1.165) is 37.3 Å². The van der Waals surface area contributed by atoms with Gasteiger partial charge in [-0.25, -0.2) is 9.03 Å². The van der Waals surface area contributed by atoms with Crippen molar-refractivity contribution in [3.8, 4) is 16.9 Å². The maximum absolute atomic E-state index is 12.6. The number of fused-ring (bicyclic) bond motifs is 1. The van der Waals surface area contributed by atoms with Gasteiger partial charge in [0.2, 0.25) is 0 Å². The van der Waals surface area contributed by atoms with Crippen LogP contribution in [0.4, 0.5) is 5.69 Å². The second-order valence-electron chi connectivity index (χ2n) is 8.10. The van der Waals surface area contributed by atoms with Crippen molar-refractivity contribution in [3.63, 3.8) is 0 Å². The van der Waals surface area contributed by atoms with Crippen LogP contribution in [0.2, 0.25) is 0 Å². The molecule has 34 heavy (non-hydrogen) atoms. The molecule has 0 unspecified atom stereocenters.